The van der Waals surface area contributed by atoms with E-state index >= 15 is 0 Å². The summed E-state index contributed by atoms with van der Waals surface area (Å²) in [7, 11) is 0. The first-order chi connectivity index (χ1) is 6.31. The predicted octanol–water partition coefficient (Wildman–Crippen LogP) is 1.07. The molecule has 5 nitrogen and oxygen atoms in total. The number of aromatic nitrogens is 4. The van der Waals surface area contributed by atoms with Gasteiger partial charge in [-0.1, -0.05) is 6.92 Å². The summed E-state index contributed by atoms with van der Waals surface area (Å²) in [5.41, 5.74) is 1.59. The highest BCUT2D eigenvalue weighted by molar-refractivity contribution is 5.53. The summed E-state index contributed by atoms with van der Waals surface area (Å²) in [6, 6.07) is 0. The molecule has 13 heavy (non-hydrogen) atoms. The van der Waals surface area contributed by atoms with Crippen molar-refractivity contribution in [3.63, 3.8) is 0 Å². The maximum absolute atomic E-state index is 9.36. The molecule has 0 fully saturated rings. The zero-order valence-electron chi connectivity index (χ0n) is 7.20. The molecule has 2 aromatic heterocycles. The molecule has 0 spiro atoms. The lowest BCUT2D eigenvalue weighted by Gasteiger charge is -1.87. The topological polar surface area (TPSA) is 77.6 Å². The summed E-state index contributed by atoms with van der Waals surface area (Å²) in [6.07, 6.45) is 4.10. The fourth-order valence-corrected chi connectivity index (χ4v) is 1.16. The van der Waals surface area contributed by atoms with E-state index in [2.05, 4.69) is 20.2 Å². The molecule has 0 saturated carbocycles. The van der Waals surface area contributed by atoms with E-state index in [-0.39, 0.29) is 5.88 Å². The lowest BCUT2D eigenvalue weighted by Crippen LogP contribution is -1.79. The van der Waals surface area contributed by atoms with Crippen LogP contribution in [0.15, 0.2) is 12.4 Å². The van der Waals surface area contributed by atoms with E-state index in [0.29, 0.717) is 5.82 Å². The van der Waals surface area contributed by atoms with E-state index in [4.69, 9.17) is 0 Å². The Labute approximate surface area is 74.8 Å². The Kier molecular flexibility index (Phi) is 1.77. The molecule has 0 saturated heterocycles. The van der Waals surface area contributed by atoms with Crippen molar-refractivity contribution >= 4 is 0 Å². The molecule has 2 heterocycles. The summed E-state index contributed by atoms with van der Waals surface area (Å²) in [5.74, 6) is 0.710. The van der Waals surface area contributed by atoms with Gasteiger partial charge in [-0.05, 0) is 6.42 Å². The highest BCUT2D eigenvalue weighted by atomic mass is 16.3. The van der Waals surface area contributed by atoms with Gasteiger partial charge in [0.05, 0.1) is 17.5 Å². The maximum atomic E-state index is 9.36. The molecule has 0 aliphatic carbocycles. The number of rotatable bonds is 2. The number of nitrogens with one attached hydrogen (secondary N) is 2. The SMILES string of the molecule is CCc1[nH]c(-c2cn[nH]c2)nc1O. The molecule has 0 amide bonds. The number of aromatic hydroxyl groups is 1. The van der Waals surface area contributed by atoms with Crippen LogP contribution in [0.1, 0.15) is 12.6 Å². The smallest absolute Gasteiger partial charge is 0.232 e. The van der Waals surface area contributed by atoms with Crippen LogP contribution in [-0.4, -0.2) is 25.3 Å². The van der Waals surface area contributed by atoms with E-state index < -0.39 is 0 Å². The average Bonchev–Trinajstić information content (AvgIpc) is 2.71. The Hall–Kier alpha value is -1.78. The predicted molar refractivity (Wildman–Crippen MR) is 47.2 cm³/mol. The van der Waals surface area contributed by atoms with Crippen LogP contribution in [0.3, 0.4) is 0 Å². The number of H-pyrrole nitrogens is 2. The second-order valence-electron chi connectivity index (χ2n) is 2.73. The highest BCUT2D eigenvalue weighted by Crippen LogP contribution is 2.20. The number of hydrogen-bond donors (Lipinski definition) is 3. The van der Waals surface area contributed by atoms with Crippen molar-refractivity contribution in [3.8, 4) is 17.3 Å². The van der Waals surface area contributed by atoms with Crippen molar-refractivity contribution in [2.24, 2.45) is 0 Å². The molecule has 2 aromatic rings. The highest BCUT2D eigenvalue weighted by Gasteiger charge is 2.08. The van der Waals surface area contributed by atoms with Crippen molar-refractivity contribution < 1.29 is 5.11 Å². The Morgan fingerprint density at radius 1 is 1.54 bits per heavy atom. The first kappa shape index (κ1) is 7.85. The summed E-state index contributed by atoms with van der Waals surface area (Å²) in [6.45, 7) is 1.95. The summed E-state index contributed by atoms with van der Waals surface area (Å²) >= 11 is 0. The maximum Gasteiger partial charge on any atom is 0.232 e. The summed E-state index contributed by atoms with van der Waals surface area (Å²) in [4.78, 5) is 6.98. The molecule has 0 unspecified atom stereocenters. The van der Waals surface area contributed by atoms with Gasteiger partial charge in [-0.25, -0.2) is 0 Å². The van der Waals surface area contributed by atoms with E-state index in [1.165, 1.54) is 0 Å². The van der Waals surface area contributed by atoms with E-state index in [1.807, 2.05) is 6.92 Å². The van der Waals surface area contributed by atoms with Crippen molar-refractivity contribution in [1.82, 2.24) is 20.2 Å². The Bertz CT molecular complexity index is 390. The molecule has 0 atom stereocenters. The number of hydrogen-bond acceptors (Lipinski definition) is 3. The number of aryl methyl sites for hydroxylation is 1. The first-order valence-corrected chi connectivity index (χ1v) is 4.08. The fraction of sp³-hybridized carbons (Fsp3) is 0.250. The molecular weight excluding hydrogens is 168 g/mol. The van der Waals surface area contributed by atoms with Crippen molar-refractivity contribution in [3.05, 3.63) is 18.1 Å². The molecule has 0 aliphatic rings. The van der Waals surface area contributed by atoms with Gasteiger partial charge in [0.2, 0.25) is 5.88 Å². The van der Waals surface area contributed by atoms with Crippen LogP contribution >= 0.6 is 0 Å². The molecule has 0 aromatic carbocycles. The third-order valence-corrected chi connectivity index (χ3v) is 1.88. The summed E-state index contributed by atoms with van der Waals surface area (Å²) < 4.78 is 0. The van der Waals surface area contributed by atoms with Gasteiger partial charge in [0.25, 0.3) is 0 Å². The summed E-state index contributed by atoms with van der Waals surface area (Å²) in [5, 5.41) is 15.8. The number of imidazole rings is 1. The Balaban J connectivity index is 2.43. The van der Waals surface area contributed by atoms with Crippen molar-refractivity contribution in [2.45, 2.75) is 13.3 Å². The second-order valence-corrected chi connectivity index (χ2v) is 2.73. The van der Waals surface area contributed by atoms with Crippen LogP contribution in [0.4, 0.5) is 0 Å². The van der Waals surface area contributed by atoms with Crippen LogP contribution in [0.5, 0.6) is 5.88 Å². The van der Waals surface area contributed by atoms with Gasteiger partial charge in [-0.3, -0.25) is 5.10 Å². The van der Waals surface area contributed by atoms with Gasteiger partial charge in [-0.2, -0.15) is 10.1 Å². The number of nitrogens with zero attached hydrogens (tertiary/aromatic N) is 2. The van der Waals surface area contributed by atoms with E-state index in [9.17, 15) is 5.11 Å². The number of aromatic amines is 2. The third-order valence-electron chi connectivity index (χ3n) is 1.88. The van der Waals surface area contributed by atoms with Crippen molar-refractivity contribution in [2.75, 3.05) is 0 Å². The largest absolute Gasteiger partial charge is 0.492 e. The molecular formula is C8H10N4O. The van der Waals surface area contributed by atoms with E-state index in [0.717, 1.165) is 17.7 Å². The van der Waals surface area contributed by atoms with Crippen LogP contribution in [-0.2, 0) is 6.42 Å². The van der Waals surface area contributed by atoms with Gasteiger partial charge < -0.3 is 10.1 Å². The zero-order chi connectivity index (χ0) is 9.26. The van der Waals surface area contributed by atoms with Crippen LogP contribution in [0, 0.1) is 0 Å². The van der Waals surface area contributed by atoms with Gasteiger partial charge in [-0.15, -0.1) is 0 Å². The van der Waals surface area contributed by atoms with Gasteiger partial charge in [0.1, 0.15) is 5.82 Å². The van der Waals surface area contributed by atoms with Crippen LogP contribution in [0.25, 0.3) is 11.4 Å². The molecule has 68 valence electrons. The molecule has 0 bridgehead atoms. The second kappa shape index (κ2) is 2.93. The lowest BCUT2D eigenvalue weighted by atomic mass is 10.3. The zero-order valence-corrected chi connectivity index (χ0v) is 7.20. The van der Waals surface area contributed by atoms with Gasteiger partial charge in [0.15, 0.2) is 0 Å². The fourth-order valence-electron chi connectivity index (χ4n) is 1.16. The van der Waals surface area contributed by atoms with Gasteiger partial charge >= 0.3 is 0 Å². The quantitative estimate of drug-likeness (QED) is 0.643. The first-order valence-electron chi connectivity index (χ1n) is 4.08. The standard InChI is InChI=1S/C8H10N4O/c1-2-6-8(13)12-7(11-6)5-3-9-10-4-5/h3-4,13H,2H2,1H3,(H,9,10)(H,11,12). The lowest BCUT2D eigenvalue weighted by molar-refractivity contribution is 0.450. The third kappa shape index (κ3) is 1.28. The molecule has 5 heteroatoms. The molecule has 2 rings (SSSR count). The molecule has 0 aliphatic heterocycles. The molecule has 0 radical (unpaired) electrons. The average molecular weight is 178 g/mol. The minimum Gasteiger partial charge on any atom is -0.492 e. The van der Waals surface area contributed by atoms with Gasteiger partial charge in [0, 0.05) is 6.20 Å². The minimum atomic E-state index is 0.0682. The Morgan fingerprint density at radius 2 is 2.38 bits per heavy atom. The monoisotopic (exact) mass is 178 g/mol. The molecule has 3 N–H and O–H groups in total. The normalized spacial score (nSPS) is 10.5. The van der Waals surface area contributed by atoms with E-state index in [1.54, 1.807) is 12.4 Å². The van der Waals surface area contributed by atoms with Crippen LogP contribution in [0.2, 0.25) is 0 Å². The van der Waals surface area contributed by atoms with Crippen molar-refractivity contribution in [1.29, 1.82) is 0 Å². The van der Waals surface area contributed by atoms with Crippen LogP contribution < -0.4 is 0 Å². The Morgan fingerprint density at radius 3 is 2.92 bits per heavy atom. The minimum absolute atomic E-state index is 0.0682.